The molecule has 3 aromatic carbocycles. The summed E-state index contributed by atoms with van der Waals surface area (Å²) in [6.07, 6.45) is 1.54. The maximum atomic E-state index is 13.0. The van der Waals surface area contributed by atoms with E-state index in [1.807, 2.05) is 22.6 Å². The zero-order valence-electron chi connectivity index (χ0n) is 20.4. The first-order valence-corrected chi connectivity index (χ1v) is 14.8. The maximum absolute atomic E-state index is 13.0. The normalized spacial score (nSPS) is 14.6. The van der Waals surface area contributed by atoms with E-state index >= 15 is 0 Å². The van der Waals surface area contributed by atoms with Gasteiger partial charge in [0.25, 0.3) is 11.1 Å². The molecule has 0 spiro atoms. The molecule has 1 heterocycles. The van der Waals surface area contributed by atoms with Crippen LogP contribution in [0.3, 0.4) is 0 Å². The van der Waals surface area contributed by atoms with Gasteiger partial charge in [-0.05, 0) is 100 Å². The molecule has 1 fully saturated rings. The minimum absolute atomic E-state index is 0.0305. The summed E-state index contributed by atoms with van der Waals surface area (Å²) < 4.78 is 37.0. The first kappa shape index (κ1) is 28.9. The molecule has 1 N–H and O–H groups in total. The Hall–Kier alpha value is -3.07. The number of amides is 3. The summed E-state index contributed by atoms with van der Waals surface area (Å²) in [6, 6.07) is 15.5. The van der Waals surface area contributed by atoms with Crippen molar-refractivity contribution in [1.82, 2.24) is 4.90 Å². The third-order valence-electron chi connectivity index (χ3n) is 5.33. The van der Waals surface area contributed by atoms with Crippen molar-refractivity contribution < 1.29 is 31.7 Å². The van der Waals surface area contributed by atoms with E-state index in [-0.39, 0.29) is 33.8 Å². The fraction of sp³-hybridized carbons (Fsp3) is 0.115. The van der Waals surface area contributed by atoms with Crippen molar-refractivity contribution in [3.8, 4) is 11.5 Å². The second-order valence-electron chi connectivity index (χ2n) is 8.17. The molecule has 13 heteroatoms. The molecule has 0 saturated carbocycles. The summed E-state index contributed by atoms with van der Waals surface area (Å²) in [4.78, 5) is 37.9. The monoisotopic (exact) mass is 698 g/mol. The number of methoxy groups -OCH3 is 1. The molecule has 4 rings (SSSR count). The number of nitrogens with one attached hydrogen (secondary N) is 1. The summed E-state index contributed by atoms with van der Waals surface area (Å²) in [6.45, 7) is 1.45. The molecular weight excluding hydrogens is 679 g/mol. The molecular formula is C26H20ClIN2O7S2. The number of ether oxygens (including phenoxy) is 1. The van der Waals surface area contributed by atoms with Crippen molar-refractivity contribution in [2.45, 2.75) is 18.4 Å². The molecule has 0 unspecified atom stereocenters. The lowest BCUT2D eigenvalue weighted by molar-refractivity contribution is -0.123. The summed E-state index contributed by atoms with van der Waals surface area (Å²) in [7, 11) is -2.88. The van der Waals surface area contributed by atoms with E-state index in [9.17, 15) is 22.8 Å². The number of halogens is 2. The average molecular weight is 699 g/mol. The van der Waals surface area contributed by atoms with Gasteiger partial charge in [0.15, 0.2) is 11.5 Å². The zero-order valence-corrected chi connectivity index (χ0v) is 25.0. The summed E-state index contributed by atoms with van der Waals surface area (Å²) in [5, 5.41) is 2.71. The number of nitrogens with zero attached hydrogens (tertiary/aromatic N) is 1. The Morgan fingerprint density at radius 3 is 2.38 bits per heavy atom. The molecule has 1 aliphatic rings. The summed E-state index contributed by atoms with van der Waals surface area (Å²) in [5.74, 6) is -0.643. The Balaban J connectivity index is 1.56. The van der Waals surface area contributed by atoms with Crippen LogP contribution in [0.4, 0.5) is 10.5 Å². The van der Waals surface area contributed by atoms with Crippen LogP contribution in [0.1, 0.15) is 18.1 Å². The number of hydrogen-bond donors (Lipinski definition) is 1. The minimum Gasteiger partial charge on any atom is -0.493 e. The Morgan fingerprint density at radius 1 is 1.10 bits per heavy atom. The number of hydrogen-bond acceptors (Lipinski definition) is 8. The number of benzene rings is 3. The first-order valence-electron chi connectivity index (χ1n) is 11.2. The predicted molar refractivity (Wildman–Crippen MR) is 157 cm³/mol. The number of carbonyl (C=O) groups is 3. The Morgan fingerprint density at radius 2 is 1.77 bits per heavy atom. The molecule has 3 aromatic rings. The molecule has 0 atom stereocenters. The number of imide groups is 1. The Labute approximate surface area is 247 Å². The highest BCUT2D eigenvalue weighted by Gasteiger charge is 2.35. The van der Waals surface area contributed by atoms with Gasteiger partial charge in [-0.3, -0.25) is 19.3 Å². The van der Waals surface area contributed by atoms with E-state index in [1.165, 1.54) is 50.4 Å². The molecule has 3 amide bonds. The van der Waals surface area contributed by atoms with Crippen molar-refractivity contribution in [2.24, 2.45) is 0 Å². The van der Waals surface area contributed by atoms with E-state index in [0.29, 0.717) is 19.8 Å². The van der Waals surface area contributed by atoms with Crippen LogP contribution in [-0.4, -0.2) is 37.5 Å². The summed E-state index contributed by atoms with van der Waals surface area (Å²) >= 11 is 8.62. The van der Waals surface area contributed by atoms with Gasteiger partial charge in [-0.15, -0.1) is 0 Å². The molecule has 0 radical (unpaired) electrons. The van der Waals surface area contributed by atoms with E-state index in [1.54, 1.807) is 30.3 Å². The quantitative estimate of drug-likeness (QED) is 0.175. The molecule has 9 nitrogen and oxygen atoms in total. The number of rotatable bonds is 8. The van der Waals surface area contributed by atoms with Crippen LogP contribution >= 0.6 is 46.0 Å². The third kappa shape index (κ3) is 6.93. The molecule has 0 aromatic heterocycles. The van der Waals surface area contributed by atoms with Crippen molar-refractivity contribution in [3.05, 3.63) is 85.3 Å². The largest absolute Gasteiger partial charge is 0.493 e. The van der Waals surface area contributed by atoms with Crippen LogP contribution in [0, 0.1) is 3.57 Å². The topological polar surface area (TPSA) is 119 Å². The molecule has 202 valence electrons. The smallest absolute Gasteiger partial charge is 0.339 e. The predicted octanol–water partition coefficient (Wildman–Crippen LogP) is 5.92. The zero-order chi connectivity index (χ0) is 28.3. The highest BCUT2D eigenvalue weighted by molar-refractivity contribution is 14.1. The van der Waals surface area contributed by atoms with Gasteiger partial charge in [0, 0.05) is 17.6 Å². The van der Waals surface area contributed by atoms with Crippen LogP contribution in [0.5, 0.6) is 11.5 Å². The first-order chi connectivity index (χ1) is 18.5. The fourth-order valence-corrected chi connectivity index (χ4v) is 6.34. The fourth-order valence-electron chi connectivity index (χ4n) is 3.53. The van der Waals surface area contributed by atoms with E-state index in [0.717, 1.165) is 22.2 Å². The maximum Gasteiger partial charge on any atom is 0.339 e. The van der Waals surface area contributed by atoms with Crippen molar-refractivity contribution in [1.29, 1.82) is 0 Å². The lowest BCUT2D eigenvalue weighted by Gasteiger charge is -2.14. The second kappa shape index (κ2) is 12.0. The van der Waals surface area contributed by atoms with Gasteiger partial charge >= 0.3 is 10.1 Å². The average Bonchev–Trinajstić information content (AvgIpc) is 3.13. The third-order valence-corrected chi connectivity index (χ3v) is 8.53. The lowest BCUT2D eigenvalue weighted by atomic mass is 10.1. The van der Waals surface area contributed by atoms with Crippen LogP contribution in [0.25, 0.3) is 6.08 Å². The molecule has 0 bridgehead atoms. The molecule has 1 aliphatic heterocycles. The minimum atomic E-state index is -4.24. The number of thioether (sulfide) groups is 1. The molecule has 39 heavy (non-hydrogen) atoms. The van der Waals surface area contributed by atoms with Crippen LogP contribution in [0.15, 0.2) is 70.5 Å². The van der Waals surface area contributed by atoms with Crippen LogP contribution < -0.4 is 14.2 Å². The van der Waals surface area contributed by atoms with Gasteiger partial charge in [0.05, 0.1) is 22.1 Å². The van der Waals surface area contributed by atoms with Gasteiger partial charge in [-0.1, -0.05) is 23.7 Å². The van der Waals surface area contributed by atoms with Crippen LogP contribution in [0.2, 0.25) is 5.02 Å². The number of carbonyl (C=O) groups excluding carboxylic acids is 3. The highest BCUT2D eigenvalue weighted by atomic mass is 127. The van der Waals surface area contributed by atoms with Gasteiger partial charge in [0.1, 0.15) is 4.90 Å². The van der Waals surface area contributed by atoms with Crippen molar-refractivity contribution in [2.75, 3.05) is 12.4 Å². The van der Waals surface area contributed by atoms with Crippen LogP contribution in [-0.2, 0) is 26.3 Å². The second-order valence-corrected chi connectivity index (χ2v) is 12.3. The Bertz CT molecular complexity index is 1590. The summed E-state index contributed by atoms with van der Waals surface area (Å²) in [5.41, 5.74) is 1.71. The standard InChI is InChI=1S/C26H20ClIN2O7S2/c1-15(31)29-19-7-9-20(10-8-19)39(34,35)37-24-21(28)11-17(12-22(24)36-2)13-23-25(32)30(26(33)38-23)14-16-3-5-18(27)6-4-16/h3-13H,14H2,1-2H3,(H,29,31)/b23-13-. The lowest BCUT2D eigenvalue weighted by Crippen LogP contribution is -2.27. The van der Waals surface area contributed by atoms with E-state index < -0.39 is 21.3 Å². The Kier molecular flexibility index (Phi) is 8.89. The van der Waals surface area contributed by atoms with Gasteiger partial charge < -0.3 is 14.2 Å². The van der Waals surface area contributed by atoms with Gasteiger partial charge in [-0.25, -0.2) is 0 Å². The van der Waals surface area contributed by atoms with Gasteiger partial charge in [0.2, 0.25) is 5.91 Å². The molecule has 1 saturated heterocycles. The van der Waals surface area contributed by atoms with Crippen molar-refractivity contribution in [3.63, 3.8) is 0 Å². The highest BCUT2D eigenvalue weighted by Crippen LogP contribution is 2.39. The van der Waals surface area contributed by atoms with Crippen molar-refractivity contribution >= 4 is 84.9 Å². The number of anilines is 1. The van der Waals surface area contributed by atoms with E-state index in [2.05, 4.69) is 5.32 Å². The molecule has 0 aliphatic carbocycles. The van der Waals surface area contributed by atoms with Gasteiger partial charge in [-0.2, -0.15) is 8.42 Å². The SMILES string of the molecule is COc1cc(/C=C2\SC(=O)N(Cc3ccc(Cl)cc3)C2=O)cc(I)c1OS(=O)(=O)c1ccc(NC(C)=O)cc1. The van der Waals surface area contributed by atoms with E-state index in [4.69, 9.17) is 20.5 Å².